The standard InChI is InChI=1S/C26H29ClN4O5/c1-30-17-31(25-5-4-12-35-25)16-29-26(30)19-7-9-21(20(27)14-19)36-15-24(32)28-11-10-18-6-8-22(33-2)23(13-18)34-3/h4-9,12-14H,10-11,15-17H2,1-3H3,(H,28,32). The second-order valence-corrected chi connectivity index (χ2v) is 8.58. The van der Waals surface area contributed by atoms with Crippen LogP contribution >= 0.6 is 11.6 Å². The lowest BCUT2D eigenvalue weighted by molar-refractivity contribution is -0.123. The zero-order chi connectivity index (χ0) is 25.5. The Balaban J connectivity index is 1.27. The Morgan fingerprint density at radius 2 is 1.92 bits per heavy atom. The van der Waals surface area contributed by atoms with E-state index in [-0.39, 0.29) is 12.5 Å². The summed E-state index contributed by atoms with van der Waals surface area (Å²) in [7, 11) is 5.14. The molecule has 9 nitrogen and oxygen atoms in total. The normalized spacial score (nSPS) is 13.3. The van der Waals surface area contributed by atoms with Gasteiger partial charge in [-0.1, -0.05) is 17.7 Å². The van der Waals surface area contributed by atoms with E-state index in [0.29, 0.717) is 48.6 Å². The quantitative estimate of drug-likeness (QED) is 0.442. The highest BCUT2D eigenvalue weighted by atomic mass is 35.5. The summed E-state index contributed by atoms with van der Waals surface area (Å²) in [4.78, 5) is 21.0. The number of carbonyl (C=O) groups excluding carboxylic acids is 1. The molecule has 1 N–H and O–H groups in total. The first-order chi connectivity index (χ1) is 17.5. The number of anilines is 1. The van der Waals surface area contributed by atoms with Gasteiger partial charge in [-0.05, 0) is 48.4 Å². The molecule has 0 atom stereocenters. The molecule has 0 aliphatic carbocycles. The number of aliphatic imine (C=N–C) groups is 1. The van der Waals surface area contributed by atoms with Crippen LogP contribution < -0.4 is 24.4 Å². The molecule has 0 fully saturated rings. The minimum absolute atomic E-state index is 0.135. The van der Waals surface area contributed by atoms with Crippen molar-refractivity contribution in [2.75, 3.05) is 52.7 Å². The van der Waals surface area contributed by atoms with Crippen LogP contribution in [-0.4, -0.2) is 64.4 Å². The molecular formula is C26H29ClN4O5. The Morgan fingerprint density at radius 1 is 1.11 bits per heavy atom. The molecule has 2 heterocycles. The average molecular weight is 513 g/mol. The third-order valence-electron chi connectivity index (χ3n) is 5.69. The predicted molar refractivity (Wildman–Crippen MR) is 138 cm³/mol. The minimum Gasteiger partial charge on any atom is -0.493 e. The van der Waals surface area contributed by atoms with Crippen molar-refractivity contribution in [1.29, 1.82) is 0 Å². The van der Waals surface area contributed by atoms with E-state index in [1.54, 1.807) is 32.6 Å². The second kappa shape index (κ2) is 11.7. The summed E-state index contributed by atoms with van der Waals surface area (Å²) in [5, 5.41) is 3.27. The van der Waals surface area contributed by atoms with E-state index in [4.69, 9.17) is 30.2 Å². The van der Waals surface area contributed by atoms with Crippen molar-refractivity contribution in [3.05, 3.63) is 70.9 Å². The number of furan rings is 1. The lowest BCUT2D eigenvalue weighted by atomic mass is 10.1. The fourth-order valence-electron chi connectivity index (χ4n) is 3.88. The molecular weight excluding hydrogens is 484 g/mol. The molecule has 2 aromatic carbocycles. The molecule has 0 saturated heterocycles. The number of halogens is 1. The third-order valence-corrected chi connectivity index (χ3v) is 5.98. The number of nitrogens with one attached hydrogen (secondary N) is 1. The molecule has 4 rings (SSSR count). The number of amides is 1. The van der Waals surface area contributed by atoms with Crippen molar-refractivity contribution < 1.29 is 23.4 Å². The first kappa shape index (κ1) is 25.2. The summed E-state index contributed by atoms with van der Waals surface area (Å²) in [6.45, 7) is 1.44. The maximum Gasteiger partial charge on any atom is 0.257 e. The van der Waals surface area contributed by atoms with Gasteiger partial charge in [0, 0.05) is 25.2 Å². The Kier molecular flexibility index (Phi) is 8.22. The number of hydrogen-bond acceptors (Lipinski definition) is 8. The summed E-state index contributed by atoms with van der Waals surface area (Å²) < 4.78 is 21.7. The maximum absolute atomic E-state index is 12.3. The summed E-state index contributed by atoms with van der Waals surface area (Å²) in [5.41, 5.74) is 1.89. The molecule has 0 bridgehead atoms. The van der Waals surface area contributed by atoms with Crippen LogP contribution in [0.5, 0.6) is 17.2 Å². The van der Waals surface area contributed by atoms with Crippen molar-refractivity contribution in [1.82, 2.24) is 10.2 Å². The van der Waals surface area contributed by atoms with Crippen molar-refractivity contribution >= 4 is 29.2 Å². The summed E-state index contributed by atoms with van der Waals surface area (Å²) in [6, 6.07) is 14.9. The number of carbonyl (C=O) groups is 1. The van der Waals surface area contributed by atoms with E-state index >= 15 is 0 Å². The molecule has 1 aliphatic rings. The van der Waals surface area contributed by atoms with E-state index in [2.05, 4.69) is 10.3 Å². The monoisotopic (exact) mass is 512 g/mol. The highest BCUT2D eigenvalue weighted by Crippen LogP contribution is 2.28. The van der Waals surface area contributed by atoms with Crippen molar-refractivity contribution in [3.8, 4) is 17.2 Å². The van der Waals surface area contributed by atoms with Crippen molar-refractivity contribution in [2.24, 2.45) is 4.99 Å². The smallest absolute Gasteiger partial charge is 0.257 e. The Labute approximate surface area is 215 Å². The van der Waals surface area contributed by atoms with Crippen LogP contribution in [0.3, 0.4) is 0 Å². The molecule has 1 amide bonds. The second-order valence-electron chi connectivity index (χ2n) is 8.18. The third kappa shape index (κ3) is 6.04. The Morgan fingerprint density at radius 3 is 2.61 bits per heavy atom. The van der Waals surface area contributed by atoms with Crippen molar-refractivity contribution in [3.63, 3.8) is 0 Å². The lowest BCUT2D eigenvalue weighted by Crippen LogP contribution is -2.44. The molecule has 190 valence electrons. The van der Waals surface area contributed by atoms with Gasteiger partial charge in [-0.2, -0.15) is 0 Å². The van der Waals surface area contributed by atoms with E-state index in [0.717, 1.165) is 22.8 Å². The number of hydrogen-bond donors (Lipinski definition) is 1. The maximum atomic E-state index is 12.3. The van der Waals surface area contributed by atoms with Gasteiger partial charge in [-0.3, -0.25) is 4.79 Å². The zero-order valence-corrected chi connectivity index (χ0v) is 21.2. The number of methoxy groups -OCH3 is 2. The van der Waals surface area contributed by atoms with Gasteiger partial charge < -0.3 is 33.7 Å². The molecule has 0 spiro atoms. The first-order valence-electron chi connectivity index (χ1n) is 11.4. The first-order valence-corrected chi connectivity index (χ1v) is 11.8. The van der Waals surface area contributed by atoms with Crippen LogP contribution in [0.1, 0.15) is 11.1 Å². The lowest BCUT2D eigenvalue weighted by Gasteiger charge is -2.33. The summed E-state index contributed by atoms with van der Waals surface area (Å²) >= 11 is 6.45. The molecule has 10 heteroatoms. The van der Waals surface area contributed by atoms with E-state index < -0.39 is 0 Å². The van der Waals surface area contributed by atoms with E-state index in [9.17, 15) is 4.79 Å². The molecule has 1 aliphatic heterocycles. The van der Waals surface area contributed by atoms with Gasteiger partial charge in [0.1, 0.15) is 18.3 Å². The largest absolute Gasteiger partial charge is 0.493 e. The van der Waals surface area contributed by atoms with Gasteiger partial charge in [0.25, 0.3) is 5.91 Å². The van der Waals surface area contributed by atoms with Gasteiger partial charge in [0.15, 0.2) is 24.0 Å². The molecule has 0 saturated carbocycles. The summed E-state index contributed by atoms with van der Waals surface area (Å²) in [5.74, 6) is 3.12. The topological polar surface area (TPSA) is 88.8 Å². The average Bonchev–Trinajstić information content (AvgIpc) is 3.43. The highest BCUT2D eigenvalue weighted by Gasteiger charge is 2.21. The van der Waals surface area contributed by atoms with Gasteiger partial charge in [-0.15, -0.1) is 0 Å². The molecule has 3 aromatic rings. The SMILES string of the molecule is COc1ccc(CCNC(=O)COc2ccc(C3=NCN(c4ccco4)CN3C)cc2Cl)cc1OC. The van der Waals surface area contributed by atoms with Crippen LogP contribution in [0.2, 0.25) is 5.02 Å². The Bertz CT molecular complexity index is 1220. The van der Waals surface area contributed by atoms with Crippen LogP contribution in [0.25, 0.3) is 0 Å². The molecule has 0 unspecified atom stereocenters. The van der Waals surface area contributed by atoms with Crippen molar-refractivity contribution in [2.45, 2.75) is 6.42 Å². The number of ether oxygens (including phenoxy) is 3. The van der Waals surface area contributed by atoms with Crippen LogP contribution in [0.15, 0.2) is 64.2 Å². The van der Waals surface area contributed by atoms with Gasteiger partial charge in [0.05, 0.1) is 32.2 Å². The number of nitrogens with zero attached hydrogens (tertiary/aromatic N) is 3. The van der Waals surface area contributed by atoms with Gasteiger partial charge in [0.2, 0.25) is 0 Å². The fourth-order valence-corrected chi connectivity index (χ4v) is 4.11. The molecule has 1 aromatic heterocycles. The predicted octanol–water partition coefficient (Wildman–Crippen LogP) is 3.80. The molecule has 36 heavy (non-hydrogen) atoms. The number of amidine groups is 1. The Hall–Kier alpha value is -3.85. The number of benzene rings is 2. The number of rotatable bonds is 10. The fraction of sp³-hybridized carbons (Fsp3) is 0.308. The van der Waals surface area contributed by atoms with E-state index in [1.165, 1.54) is 0 Å². The summed E-state index contributed by atoms with van der Waals surface area (Å²) in [6.07, 6.45) is 2.29. The van der Waals surface area contributed by atoms with Gasteiger partial charge >= 0.3 is 0 Å². The van der Waals surface area contributed by atoms with E-state index in [1.807, 2.05) is 53.2 Å². The van der Waals surface area contributed by atoms with Crippen LogP contribution in [-0.2, 0) is 11.2 Å². The van der Waals surface area contributed by atoms with Gasteiger partial charge in [-0.25, -0.2) is 4.99 Å². The highest BCUT2D eigenvalue weighted by molar-refractivity contribution is 6.32. The zero-order valence-electron chi connectivity index (χ0n) is 20.5. The van der Waals surface area contributed by atoms with Crippen LogP contribution in [0, 0.1) is 0 Å². The minimum atomic E-state index is -0.231. The molecule has 0 radical (unpaired) electrons. The van der Waals surface area contributed by atoms with Crippen LogP contribution in [0.4, 0.5) is 5.88 Å².